The van der Waals surface area contributed by atoms with Crippen molar-refractivity contribution < 1.29 is 4.79 Å². The molecule has 1 aromatic rings. The quantitative estimate of drug-likeness (QED) is 0.650. The molecule has 86 valence electrons. The number of carbonyl (C=O) groups is 1. The highest BCUT2D eigenvalue weighted by molar-refractivity contribution is 5.96. The fourth-order valence-corrected chi connectivity index (χ4v) is 3.00. The Kier molecular flexibility index (Phi) is 1.80. The molecule has 3 heteroatoms. The highest BCUT2D eigenvalue weighted by Gasteiger charge is 2.35. The van der Waals surface area contributed by atoms with Crippen molar-refractivity contribution in [2.75, 3.05) is 13.6 Å². The van der Waals surface area contributed by atoms with Crippen LogP contribution >= 0.6 is 0 Å². The molecule has 3 rings (SSSR count). The van der Waals surface area contributed by atoms with E-state index in [9.17, 15) is 4.79 Å². The van der Waals surface area contributed by atoms with Crippen LogP contribution in [0.15, 0.2) is 6.07 Å². The summed E-state index contributed by atoms with van der Waals surface area (Å²) in [5.41, 5.74) is 3.91. The van der Waals surface area contributed by atoms with E-state index >= 15 is 0 Å². The lowest BCUT2D eigenvalue weighted by Gasteiger charge is -2.25. The fourth-order valence-electron chi connectivity index (χ4n) is 3.00. The van der Waals surface area contributed by atoms with Gasteiger partial charge in [-0.3, -0.25) is 4.79 Å². The zero-order valence-corrected chi connectivity index (χ0v) is 10.2. The summed E-state index contributed by atoms with van der Waals surface area (Å²) >= 11 is 0. The van der Waals surface area contributed by atoms with Crippen LogP contribution in [0.5, 0.6) is 0 Å². The van der Waals surface area contributed by atoms with Gasteiger partial charge in [0.15, 0.2) is 0 Å². The molecule has 0 spiro atoms. The van der Waals surface area contributed by atoms with Crippen LogP contribution in [0, 0.1) is 5.41 Å². The van der Waals surface area contributed by atoms with Gasteiger partial charge in [0.1, 0.15) is 0 Å². The second kappa shape index (κ2) is 2.90. The molecule has 0 atom stereocenters. The van der Waals surface area contributed by atoms with E-state index in [1.54, 1.807) is 0 Å². The highest BCUT2D eigenvalue weighted by Crippen LogP contribution is 2.36. The average Bonchev–Trinajstić information content (AvgIpc) is 2.64. The van der Waals surface area contributed by atoms with Gasteiger partial charge >= 0.3 is 0 Å². The van der Waals surface area contributed by atoms with Crippen molar-refractivity contribution in [2.24, 2.45) is 5.41 Å². The average molecular weight is 218 g/mol. The van der Waals surface area contributed by atoms with Gasteiger partial charge in [-0.15, -0.1) is 0 Å². The Bertz CT molecular complexity index is 471. The molecule has 0 unspecified atom stereocenters. The number of amides is 1. The summed E-state index contributed by atoms with van der Waals surface area (Å²) in [6.45, 7) is 6.51. The fraction of sp³-hybridized carbons (Fsp3) is 0.615. The largest absolute Gasteiger partial charge is 0.347 e. The van der Waals surface area contributed by atoms with E-state index < -0.39 is 0 Å². The first-order valence-electron chi connectivity index (χ1n) is 5.95. The summed E-state index contributed by atoms with van der Waals surface area (Å²) in [7, 11) is 1.89. The first-order chi connectivity index (χ1) is 7.48. The molecule has 0 fully saturated rings. The lowest BCUT2D eigenvalue weighted by molar-refractivity contribution is 0.0778. The van der Waals surface area contributed by atoms with E-state index in [1.807, 2.05) is 11.9 Å². The number of nitrogens with zero attached hydrogens (tertiary/aromatic N) is 2. The predicted octanol–water partition coefficient (Wildman–Crippen LogP) is 1.70. The third-order valence-electron chi connectivity index (χ3n) is 3.80. The smallest absolute Gasteiger partial charge is 0.255 e. The molecule has 0 N–H and O–H groups in total. The molecule has 0 radical (unpaired) electrons. The van der Waals surface area contributed by atoms with Gasteiger partial charge in [-0.2, -0.15) is 0 Å². The monoisotopic (exact) mass is 218 g/mol. The van der Waals surface area contributed by atoms with Crippen LogP contribution in [0.3, 0.4) is 0 Å². The van der Waals surface area contributed by atoms with Crippen molar-refractivity contribution >= 4 is 5.91 Å². The Labute approximate surface area is 96.0 Å². The van der Waals surface area contributed by atoms with Gasteiger partial charge < -0.3 is 9.47 Å². The molecule has 1 amide bonds. The Morgan fingerprint density at radius 3 is 2.88 bits per heavy atom. The van der Waals surface area contributed by atoms with Gasteiger partial charge in [0.2, 0.25) is 0 Å². The molecular formula is C13H18N2O. The number of hydrogen-bond acceptors (Lipinski definition) is 1. The van der Waals surface area contributed by atoms with Crippen LogP contribution in [-0.4, -0.2) is 29.0 Å². The number of likely N-dealkylation sites (N-methyl/N-ethyl adjacent to an activating group) is 1. The topological polar surface area (TPSA) is 25.2 Å². The molecule has 3 nitrogen and oxygen atoms in total. The summed E-state index contributed by atoms with van der Waals surface area (Å²) in [6.07, 6.45) is 2.10. The molecule has 16 heavy (non-hydrogen) atoms. The molecule has 0 bridgehead atoms. The lowest BCUT2D eigenvalue weighted by Crippen LogP contribution is -2.34. The third kappa shape index (κ3) is 1.24. The van der Waals surface area contributed by atoms with Gasteiger partial charge in [0.25, 0.3) is 5.91 Å². The molecule has 3 heterocycles. The van der Waals surface area contributed by atoms with E-state index in [0.717, 1.165) is 31.5 Å². The maximum atomic E-state index is 12.0. The molecular weight excluding hydrogens is 200 g/mol. The number of hydrogen-bond donors (Lipinski definition) is 0. The van der Waals surface area contributed by atoms with Crippen molar-refractivity contribution in [2.45, 2.75) is 33.2 Å². The Morgan fingerprint density at radius 2 is 2.12 bits per heavy atom. The van der Waals surface area contributed by atoms with Crippen molar-refractivity contribution in [1.29, 1.82) is 0 Å². The van der Waals surface area contributed by atoms with Crippen LogP contribution < -0.4 is 0 Å². The summed E-state index contributed by atoms with van der Waals surface area (Å²) < 4.78 is 2.38. The van der Waals surface area contributed by atoms with Crippen LogP contribution in [0.25, 0.3) is 0 Å². The second-order valence-corrected chi connectivity index (χ2v) is 5.90. The maximum Gasteiger partial charge on any atom is 0.255 e. The Hall–Kier alpha value is -1.25. The highest BCUT2D eigenvalue weighted by atomic mass is 16.2. The SMILES string of the molecule is CN1CCc2c(cc3n2CC(C)(C)C3)C1=O. The number of rotatable bonds is 0. The molecule has 0 aliphatic carbocycles. The van der Waals surface area contributed by atoms with E-state index in [4.69, 9.17) is 0 Å². The molecule has 0 aromatic carbocycles. The van der Waals surface area contributed by atoms with Crippen molar-refractivity contribution in [1.82, 2.24) is 9.47 Å². The molecule has 1 aromatic heterocycles. The molecule has 2 aliphatic rings. The maximum absolute atomic E-state index is 12.0. The first-order valence-corrected chi connectivity index (χ1v) is 5.95. The van der Waals surface area contributed by atoms with Crippen LogP contribution in [0.1, 0.15) is 35.6 Å². The number of aromatic nitrogens is 1. The number of carbonyl (C=O) groups excluding carboxylic acids is 1. The molecule has 2 aliphatic heterocycles. The van der Waals surface area contributed by atoms with Gasteiger partial charge in [-0.25, -0.2) is 0 Å². The van der Waals surface area contributed by atoms with Crippen molar-refractivity contribution in [3.8, 4) is 0 Å². The normalized spacial score (nSPS) is 22.2. The van der Waals surface area contributed by atoms with E-state index in [2.05, 4.69) is 24.5 Å². The van der Waals surface area contributed by atoms with Crippen LogP contribution in [0.4, 0.5) is 0 Å². The van der Waals surface area contributed by atoms with Gasteiger partial charge in [0.05, 0.1) is 5.56 Å². The first kappa shape index (κ1) is 9.94. The summed E-state index contributed by atoms with van der Waals surface area (Å²) in [4.78, 5) is 13.8. The second-order valence-electron chi connectivity index (χ2n) is 5.90. The van der Waals surface area contributed by atoms with Gasteiger partial charge in [0, 0.05) is 37.9 Å². The van der Waals surface area contributed by atoms with E-state index in [1.165, 1.54) is 11.4 Å². The summed E-state index contributed by atoms with van der Waals surface area (Å²) in [5, 5.41) is 0. The minimum absolute atomic E-state index is 0.195. The van der Waals surface area contributed by atoms with E-state index in [-0.39, 0.29) is 5.91 Å². The standard InChI is InChI=1S/C13H18N2O/c1-13(2)7-9-6-10-11(15(9)8-13)4-5-14(3)12(10)16/h6H,4-5,7-8H2,1-3H3. The van der Waals surface area contributed by atoms with Crippen molar-refractivity contribution in [3.05, 3.63) is 23.0 Å². The minimum atomic E-state index is 0.195. The Morgan fingerprint density at radius 1 is 1.38 bits per heavy atom. The zero-order valence-electron chi connectivity index (χ0n) is 10.2. The zero-order chi connectivity index (χ0) is 11.5. The summed E-state index contributed by atoms with van der Waals surface area (Å²) in [6, 6.07) is 2.11. The molecule has 0 saturated heterocycles. The Balaban J connectivity index is 2.08. The van der Waals surface area contributed by atoms with Crippen molar-refractivity contribution in [3.63, 3.8) is 0 Å². The van der Waals surface area contributed by atoms with Crippen LogP contribution in [-0.2, 0) is 19.4 Å². The van der Waals surface area contributed by atoms with Crippen LogP contribution in [0.2, 0.25) is 0 Å². The molecule has 0 saturated carbocycles. The number of fused-ring (bicyclic) bond motifs is 3. The predicted molar refractivity (Wildman–Crippen MR) is 62.6 cm³/mol. The van der Waals surface area contributed by atoms with Gasteiger partial charge in [-0.1, -0.05) is 13.8 Å². The minimum Gasteiger partial charge on any atom is -0.347 e. The summed E-state index contributed by atoms with van der Waals surface area (Å²) in [5.74, 6) is 0.195. The third-order valence-corrected chi connectivity index (χ3v) is 3.80. The van der Waals surface area contributed by atoms with Gasteiger partial charge in [-0.05, 0) is 17.9 Å². The lowest BCUT2D eigenvalue weighted by atomic mass is 9.90. The van der Waals surface area contributed by atoms with E-state index in [0.29, 0.717) is 5.41 Å².